The lowest BCUT2D eigenvalue weighted by molar-refractivity contribution is -0.137. The molecule has 0 atom stereocenters. The van der Waals surface area contributed by atoms with E-state index in [2.05, 4.69) is 15.0 Å². The van der Waals surface area contributed by atoms with Crippen LogP contribution in [-0.4, -0.2) is 17.4 Å². The van der Waals surface area contributed by atoms with Crippen LogP contribution < -0.4 is 4.90 Å². The maximum absolute atomic E-state index is 12.6. The third-order valence-electron chi connectivity index (χ3n) is 2.68. The van der Waals surface area contributed by atoms with Gasteiger partial charge in [-0.2, -0.15) is 13.2 Å². The lowest BCUT2D eigenvalue weighted by Crippen LogP contribution is -2.24. The minimum Gasteiger partial charge on any atom is -0.310 e. The first-order valence-corrected chi connectivity index (χ1v) is 5.36. The smallest absolute Gasteiger partial charge is 0.310 e. The first-order chi connectivity index (χ1) is 8.93. The van der Waals surface area contributed by atoms with Crippen LogP contribution in [0.3, 0.4) is 0 Å². The van der Waals surface area contributed by atoms with Gasteiger partial charge in [0.25, 0.3) is 0 Å². The molecule has 0 saturated carbocycles. The topological polar surface area (TPSA) is 82.0 Å². The molecule has 0 unspecified atom stereocenters. The van der Waals surface area contributed by atoms with E-state index in [1.807, 2.05) is 0 Å². The zero-order chi connectivity index (χ0) is 14.0. The van der Waals surface area contributed by atoms with Gasteiger partial charge in [0.1, 0.15) is 5.82 Å². The van der Waals surface area contributed by atoms with E-state index in [4.69, 9.17) is 5.53 Å². The van der Waals surface area contributed by atoms with Crippen molar-refractivity contribution in [2.45, 2.75) is 19.0 Å². The zero-order valence-electron chi connectivity index (χ0n) is 9.55. The summed E-state index contributed by atoms with van der Waals surface area (Å²) in [6, 6.07) is 0.778. The van der Waals surface area contributed by atoms with Crippen molar-refractivity contribution in [3.05, 3.63) is 28.3 Å². The van der Waals surface area contributed by atoms with Gasteiger partial charge in [0.05, 0.1) is 11.3 Å². The molecule has 9 heteroatoms. The first-order valence-electron chi connectivity index (χ1n) is 5.36. The van der Waals surface area contributed by atoms with Crippen molar-refractivity contribution in [1.29, 1.82) is 0 Å². The van der Waals surface area contributed by atoms with Gasteiger partial charge in [-0.05, 0) is 23.1 Å². The molecular weight excluding hydrogens is 263 g/mol. The van der Waals surface area contributed by atoms with Gasteiger partial charge in [0.2, 0.25) is 5.91 Å². The van der Waals surface area contributed by atoms with E-state index < -0.39 is 11.7 Å². The minimum atomic E-state index is -4.57. The summed E-state index contributed by atoms with van der Waals surface area (Å²) in [6.07, 6.45) is -3.19. The lowest BCUT2D eigenvalue weighted by Gasteiger charge is -2.18. The van der Waals surface area contributed by atoms with Crippen molar-refractivity contribution < 1.29 is 18.0 Å². The number of rotatable bonds is 2. The van der Waals surface area contributed by atoms with Crippen LogP contribution in [0.4, 0.5) is 24.7 Å². The van der Waals surface area contributed by atoms with Crippen molar-refractivity contribution >= 4 is 17.4 Å². The van der Waals surface area contributed by atoms with E-state index in [-0.39, 0.29) is 30.4 Å². The Balaban J connectivity index is 2.53. The largest absolute Gasteiger partial charge is 0.417 e. The molecule has 6 nitrogen and oxygen atoms in total. The number of nitrogens with zero attached hydrogens (tertiary/aromatic N) is 5. The van der Waals surface area contributed by atoms with Crippen molar-refractivity contribution in [3.8, 4) is 0 Å². The number of hydrogen-bond acceptors (Lipinski definition) is 3. The molecule has 0 aromatic carbocycles. The number of carbonyl (C=O) groups is 1. The fourth-order valence-corrected chi connectivity index (χ4v) is 1.82. The first kappa shape index (κ1) is 13.2. The summed E-state index contributed by atoms with van der Waals surface area (Å²) in [6.45, 7) is 0.287. The Morgan fingerprint density at radius 1 is 1.47 bits per heavy atom. The monoisotopic (exact) mass is 271 g/mol. The van der Waals surface area contributed by atoms with Crippen LogP contribution in [0.2, 0.25) is 0 Å². The predicted molar refractivity (Wildman–Crippen MR) is 59.6 cm³/mol. The van der Waals surface area contributed by atoms with Crippen molar-refractivity contribution in [2.24, 2.45) is 5.11 Å². The maximum Gasteiger partial charge on any atom is 0.417 e. The molecule has 2 heterocycles. The van der Waals surface area contributed by atoms with Crippen molar-refractivity contribution in [1.82, 2.24) is 4.98 Å². The van der Waals surface area contributed by atoms with Crippen molar-refractivity contribution in [3.63, 3.8) is 0 Å². The second-order valence-corrected chi connectivity index (χ2v) is 3.90. The summed E-state index contributed by atoms with van der Waals surface area (Å²) < 4.78 is 37.9. The Bertz CT molecular complexity index is 565. The molecule has 1 fully saturated rings. The Hall–Kier alpha value is -2.28. The van der Waals surface area contributed by atoms with E-state index in [1.54, 1.807) is 0 Å². The molecule has 0 aliphatic carbocycles. The molecule has 0 N–H and O–H groups in total. The van der Waals surface area contributed by atoms with Gasteiger partial charge in [0, 0.05) is 24.1 Å². The second kappa shape index (κ2) is 4.77. The van der Waals surface area contributed by atoms with Crippen LogP contribution >= 0.6 is 0 Å². The van der Waals surface area contributed by atoms with E-state index in [0.29, 0.717) is 12.6 Å². The fraction of sp³-hybridized carbons (Fsp3) is 0.400. The molecule has 1 amide bonds. The molecule has 1 aliphatic rings. The third-order valence-corrected chi connectivity index (χ3v) is 2.68. The summed E-state index contributed by atoms with van der Waals surface area (Å²) in [5, 5.41) is 3.22. The van der Waals surface area contributed by atoms with Gasteiger partial charge in [-0.3, -0.25) is 9.78 Å². The number of aromatic nitrogens is 1. The molecule has 0 bridgehead atoms. The summed E-state index contributed by atoms with van der Waals surface area (Å²) in [5.74, 6) is -0.540. The van der Waals surface area contributed by atoms with Gasteiger partial charge < -0.3 is 4.90 Å². The Morgan fingerprint density at radius 3 is 2.74 bits per heavy atom. The molecule has 2 rings (SSSR count). The Morgan fingerprint density at radius 2 is 2.21 bits per heavy atom. The number of anilines is 1. The highest BCUT2D eigenvalue weighted by molar-refractivity contribution is 5.97. The molecule has 1 aromatic rings. The highest BCUT2D eigenvalue weighted by atomic mass is 19.4. The number of halogens is 3. The summed E-state index contributed by atoms with van der Waals surface area (Å²) in [5.41, 5.74) is 7.29. The molecule has 100 valence electrons. The lowest BCUT2D eigenvalue weighted by atomic mass is 10.2. The van der Waals surface area contributed by atoms with Gasteiger partial charge in [-0.1, -0.05) is 0 Å². The summed E-state index contributed by atoms with van der Waals surface area (Å²) in [4.78, 5) is 18.7. The third kappa shape index (κ3) is 2.60. The molecular formula is C10H8F3N5O. The van der Waals surface area contributed by atoms with Gasteiger partial charge in [-0.25, -0.2) is 0 Å². The number of carbonyl (C=O) groups excluding carboxylic acids is 1. The number of azide groups is 1. The highest BCUT2D eigenvalue weighted by Gasteiger charge is 2.33. The molecule has 0 radical (unpaired) electrons. The molecule has 19 heavy (non-hydrogen) atoms. The minimum absolute atomic E-state index is 0.102. The predicted octanol–water partition coefficient (Wildman–Crippen LogP) is 3.17. The highest BCUT2D eigenvalue weighted by Crippen LogP contribution is 2.36. The van der Waals surface area contributed by atoms with Crippen LogP contribution in [-0.2, 0) is 11.0 Å². The summed E-state index contributed by atoms with van der Waals surface area (Å²) >= 11 is 0. The fourth-order valence-electron chi connectivity index (χ4n) is 1.82. The average molecular weight is 271 g/mol. The standard InChI is InChI=1S/C10H8F3N5O/c11-10(12,13)6-4-7(9(15-5-6)16-17-14)18-3-1-2-8(18)19/h4-5H,1-3H2. The van der Waals surface area contributed by atoms with E-state index in [1.165, 1.54) is 0 Å². The molecule has 1 saturated heterocycles. The van der Waals surface area contributed by atoms with Crippen LogP contribution in [0, 0.1) is 0 Å². The summed E-state index contributed by atoms with van der Waals surface area (Å²) in [7, 11) is 0. The van der Waals surface area contributed by atoms with E-state index >= 15 is 0 Å². The Kier molecular flexibility index (Phi) is 3.30. The average Bonchev–Trinajstić information content (AvgIpc) is 2.75. The zero-order valence-corrected chi connectivity index (χ0v) is 9.55. The van der Waals surface area contributed by atoms with Crippen LogP contribution in [0.15, 0.2) is 17.4 Å². The van der Waals surface area contributed by atoms with Crippen molar-refractivity contribution in [2.75, 3.05) is 11.4 Å². The van der Waals surface area contributed by atoms with Gasteiger partial charge >= 0.3 is 6.18 Å². The van der Waals surface area contributed by atoms with Gasteiger partial charge in [-0.15, -0.1) is 0 Å². The molecule has 1 aliphatic heterocycles. The van der Waals surface area contributed by atoms with Crippen LogP contribution in [0.1, 0.15) is 18.4 Å². The SMILES string of the molecule is [N-]=[N+]=Nc1ncc(C(F)(F)F)cc1N1CCCC1=O. The number of pyridine rings is 1. The number of alkyl halides is 3. The number of hydrogen-bond donors (Lipinski definition) is 0. The maximum atomic E-state index is 12.6. The quantitative estimate of drug-likeness (QED) is 0.470. The van der Waals surface area contributed by atoms with Crippen LogP contribution in [0.5, 0.6) is 0 Å². The Labute approximate surface area is 105 Å². The second-order valence-electron chi connectivity index (χ2n) is 3.90. The van der Waals surface area contributed by atoms with Crippen LogP contribution in [0.25, 0.3) is 10.4 Å². The van der Waals surface area contributed by atoms with E-state index in [0.717, 1.165) is 11.0 Å². The van der Waals surface area contributed by atoms with Gasteiger partial charge in [0.15, 0.2) is 0 Å². The van der Waals surface area contributed by atoms with E-state index in [9.17, 15) is 18.0 Å². The number of amides is 1. The normalized spacial score (nSPS) is 15.5. The molecule has 0 spiro atoms. The molecule has 1 aromatic heterocycles.